The molecule has 1 saturated heterocycles. The number of halogens is 2. The molecule has 166 valence electrons. The SMILES string of the molecule is Nc1nc2ccc(NCCCN3CCOCC3)cc2n2c(-c3c(F)cccc3Cl)ncc12. The van der Waals surface area contributed by atoms with Crippen molar-refractivity contribution in [3.05, 3.63) is 53.4 Å². The van der Waals surface area contributed by atoms with Crippen molar-refractivity contribution in [2.75, 3.05) is 50.4 Å². The van der Waals surface area contributed by atoms with E-state index in [9.17, 15) is 4.39 Å². The lowest BCUT2D eigenvalue weighted by Gasteiger charge is -2.26. The van der Waals surface area contributed by atoms with Gasteiger partial charge in [0.1, 0.15) is 23.0 Å². The number of ether oxygens (including phenoxy) is 1. The van der Waals surface area contributed by atoms with Gasteiger partial charge in [-0.2, -0.15) is 0 Å². The molecule has 0 radical (unpaired) electrons. The van der Waals surface area contributed by atoms with Crippen LogP contribution in [0.15, 0.2) is 42.6 Å². The molecule has 4 aromatic rings. The summed E-state index contributed by atoms with van der Waals surface area (Å²) in [6, 6.07) is 10.5. The maximum Gasteiger partial charge on any atom is 0.150 e. The Morgan fingerprint density at radius 3 is 2.81 bits per heavy atom. The van der Waals surface area contributed by atoms with Crippen LogP contribution in [-0.4, -0.2) is 58.7 Å². The molecule has 3 heterocycles. The first-order valence-corrected chi connectivity index (χ1v) is 11.0. The van der Waals surface area contributed by atoms with Crippen LogP contribution < -0.4 is 11.1 Å². The third-order valence-corrected chi connectivity index (χ3v) is 6.07. The Kier molecular flexibility index (Phi) is 5.82. The molecule has 2 aromatic heterocycles. The van der Waals surface area contributed by atoms with Crippen molar-refractivity contribution in [1.29, 1.82) is 0 Å². The summed E-state index contributed by atoms with van der Waals surface area (Å²) in [6.45, 7) is 5.47. The molecular formula is C23H24ClFN6O. The van der Waals surface area contributed by atoms with Gasteiger partial charge in [0.05, 0.1) is 41.0 Å². The van der Waals surface area contributed by atoms with Gasteiger partial charge in [0.2, 0.25) is 0 Å². The van der Waals surface area contributed by atoms with Crippen LogP contribution in [0.2, 0.25) is 5.02 Å². The summed E-state index contributed by atoms with van der Waals surface area (Å²) in [5.74, 6) is 0.285. The van der Waals surface area contributed by atoms with E-state index in [2.05, 4.69) is 20.2 Å². The number of fused-ring (bicyclic) bond motifs is 3. The largest absolute Gasteiger partial charge is 0.385 e. The minimum Gasteiger partial charge on any atom is -0.385 e. The predicted molar refractivity (Wildman–Crippen MR) is 126 cm³/mol. The number of morpholine rings is 1. The summed E-state index contributed by atoms with van der Waals surface area (Å²) < 4.78 is 21.9. The number of nitrogens with zero attached hydrogens (tertiary/aromatic N) is 4. The molecule has 3 N–H and O–H groups in total. The van der Waals surface area contributed by atoms with Gasteiger partial charge in [0, 0.05) is 25.3 Å². The van der Waals surface area contributed by atoms with Crippen molar-refractivity contribution in [3.8, 4) is 11.4 Å². The van der Waals surface area contributed by atoms with Crippen molar-refractivity contribution < 1.29 is 9.13 Å². The predicted octanol–water partition coefficient (Wildman–Crippen LogP) is 4.06. The summed E-state index contributed by atoms with van der Waals surface area (Å²) in [7, 11) is 0. The zero-order valence-electron chi connectivity index (χ0n) is 17.5. The number of nitrogens with one attached hydrogen (secondary N) is 1. The lowest BCUT2D eigenvalue weighted by Crippen LogP contribution is -2.37. The molecule has 7 nitrogen and oxygen atoms in total. The first kappa shape index (κ1) is 20.9. The molecular weight excluding hydrogens is 431 g/mol. The van der Waals surface area contributed by atoms with Gasteiger partial charge in [-0.3, -0.25) is 9.30 Å². The van der Waals surface area contributed by atoms with E-state index in [0.29, 0.717) is 27.7 Å². The lowest BCUT2D eigenvalue weighted by atomic mass is 10.2. The van der Waals surface area contributed by atoms with Crippen LogP contribution in [0.3, 0.4) is 0 Å². The highest BCUT2D eigenvalue weighted by molar-refractivity contribution is 6.33. The summed E-state index contributed by atoms with van der Waals surface area (Å²) >= 11 is 6.33. The van der Waals surface area contributed by atoms with E-state index in [0.717, 1.165) is 57.0 Å². The fraction of sp³-hybridized carbons (Fsp3) is 0.304. The number of hydrogen-bond donors (Lipinski definition) is 2. The van der Waals surface area contributed by atoms with Gasteiger partial charge in [0.25, 0.3) is 0 Å². The highest BCUT2D eigenvalue weighted by atomic mass is 35.5. The highest BCUT2D eigenvalue weighted by Crippen LogP contribution is 2.33. The Morgan fingerprint density at radius 2 is 2.00 bits per heavy atom. The summed E-state index contributed by atoms with van der Waals surface area (Å²) in [5, 5.41) is 3.77. The normalized spacial score (nSPS) is 14.9. The number of hydrogen-bond acceptors (Lipinski definition) is 6. The molecule has 9 heteroatoms. The zero-order chi connectivity index (χ0) is 22.1. The van der Waals surface area contributed by atoms with Crippen molar-refractivity contribution in [1.82, 2.24) is 19.3 Å². The number of aromatic nitrogens is 3. The van der Waals surface area contributed by atoms with Crippen molar-refractivity contribution in [3.63, 3.8) is 0 Å². The van der Waals surface area contributed by atoms with E-state index < -0.39 is 5.82 Å². The molecule has 0 unspecified atom stereocenters. The molecule has 0 amide bonds. The van der Waals surface area contributed by atoms with Gasteiger partial charge in [-0.15, -0.1) is 0 Å². The Bertz CT molecular complexity index is 1250. The van der Waals surface area contributed by atoms with Gasteiger partial charge in [-0.25, -0.2) is 14.4 Å². The molecule has 1 fully saturated rings. The molecule has 0 atom stereocenters. The fourth-order valence-electron chi connectivity index (χ4n) is 4.12. The zero-order valence-corrected chi connectivity index (χ0v) is 18.3. The van der Waals surface area contributed by atoms with Crippen LogP contribution in [0.4, 0.5) is 15.9 Å². The van der Waals surface area contributed by atoms with Gasteiger partial charge in [-0.05, 0) is 43.3 Å². The van der Waals surface area contributed by atoms with Crippen molar-refractivity contribution in [2.45, 2.75) is 6.42 Å². The number of nitrogen functional groups attached to an aromatic ring is 1. The van der Waals surface area contributed by atoms with Gasteiger partial charge < -0.3 is 15.8 Å². The molecule has 0 spiro atoms. The lowest BCUT2D eigenvalue weighted by molar-refractivity contribution is 0.0378. The van der Waals surface area contributed by atoms with Crippen molar-refractivity contribution >= 4 is 39.7 Å². The third kappa shape index (κ3) is 3.97. The number of rotatable bonds is 6. The van der Waals surface area contributed by atoms with Crippen LogP contribution in [-0.2, 0) is 4.74 Å². The molecule has 0 aliphatic carbocycles. The first-order valence-electron chi connectivity index (χ1n) is 10.7. The first-order chi connectivity index (χ1) is 15.6. The average molecular weight is 455 g/mol. The highest BCUT2D eigenvalue weighted by Gasteiger charge is 2.19. The average Bonchev–Trinajstić information content (AvgIpc) is 3.23. The molecule has 5 rings (SSSR count). The van der Waals surface area contributed by atoms with E-state index in [1.165, 1.54) is 6.07 Å². The molecule has 32 heavy (non-hydrogen) atoms. The monoisotopic (exact) mass is 454 g/mol. The topological polar surface area (TPSA) is 80.7 Å². The van der Waals surface area contributed by atoms with Gasteiger partial charge >= 0.3 is 0 Å². The van der Waals surface area contributed by atoms with E-state index in [-0.39, 0.29) is 5.56 Å². The third-order valence-electron chi connectivity index (χ3n) is 5.75. The van der Waals surface area contributed by atoms with E-state index in [1.807, 2.05) is 22.6 Å². The van der Waals surface area contributed by atoms with E-state index >= 15 is 0 Å². The van der Waals surface area contributed by atoms with Crippen LogP contribution >= 0.6 is 11.6 Å². The second-order valence-electron chi connectivity index (χ2n) is 7.83. The summed E-state index contributed by atoms with van der Waals surface area (Å²) in [5.41, 5.74) is 9.44. The number of anilines is 2. The molecule has 2 aromatic carbocycles. The summed E-state index contributed by atoms with van der Waals surface area (Å²) in [6.07, 6.45) is 2.62. The van der Waals surface area contributed by atoms with Crippen LogP contribution in [0.5, 0.6) is 0 Å². The Balaban J connectivity index is 1.47. The van der Waals surface area contributed by atoms with Gasteiger partial charge in [-0.1, -0.05) is 17.7 Å². The van der Waals surface area contributed by atoms with E-state index in [4.69, 9.17) is 22.1 Å². The Morgan fingerprint density at radius 1 is 1.16 bits per heavy atom. The molecule has 1 aliphatic rings. The second kappa shape index (κ2) is 8.90. The van der Waals surface area contributed by atoms with E-state index in [1.54, 1.807) is 18.3 Å². The summed E-state index contributed by atoms with van der Waals surface area (Å²) in [4.78, 5) is 11.4. The van der Waals surface area contributed by atoms with Crippen LogP contribution in [0.25, 0.3) is 27.9 Å². The molecule has 1 aliphatic heterocycles. The standard InChI is InChI=1S/C23H24ClFN6O/c24-16-3-1-4-17(25)21(16)23-28-14-20-22(26)29-18-6-5-15(13-19(18)31(20)23)27-7-2-8-30-9-11-32-12-10-30/h1,3-6,13-14,27H,2,7-12H2,(H2,26,29). The molecule has 0 bridgehead atoms. The van der Waals surface area contributed by atoms with Gasteiger partial charge in [0.15, 0.2) is 0 Å². The quantitative estimate of drug-likeness (QED) is 0.428. The maximum atomic E-state index is 14.7. The van der Waals surface area contributed by atoms with Crippen LogP contribution in [0, 0.1) is 5.82 Å². The maximum absolute atomic E-state index is 14.7. The minimum absolute atomic E-state index is 0.241. The second-order valence-corrected chi connectivity index (χ2v) is 8.24. The Labute approximate surface area is 190 Å². The number of imidazole rings is 1. The smallest absolute Gasteiger partial charge is 0.150 e. The van der Waals surface area contributed by atoms with Crippen molar-refractivity contribution in [2.24, 2.45) is 0 Å². The molecule has 0 saturated carbocycles. The minimum atomic E-state index is -0.439. The fourth-order valence-corrected chi connectivity index (χ4v) is 4.37. The number of benzene rings is 2. The van der Waals surface area contributed by atoms with Crippen LogP contribution in [0.1, 0.15) is 6.42 Å². The number of nitrogens with two attached hydrogens (primary N) is 1. The Hall–Kier alpha value is -2.94.